The number of hydrogen-bond donors (Lipinski definition) is 1. The molecule has 0 unspecified atom stereocenters. The van der Waals surface area contributed by atoms with Gasteiger partial charge in [0, 0.05) is 18.0 Å². The van der Waals surface area contributed by atoms with Gasteiger partial charge in [0.25, 0.3) is 11.6 Å². The molecular weight excluding hydrogens is 340 g/mol. The molecule has 8 heteroatoms. The van der Waals surface area contributed by atoms with Gasteiger partial charge in [-0.3, -0.25) is 14.7 Å². The van der Waals surface area contributed by atoms with Gasteiger partial charge < -0.3 is 4.74 Å². The van der Waals surface area contributed by atoms with Crippen LogP contribution in [0.3, 0.4) is 0 Å². The van der Waals surface area contributed by atoms with Crippen molar-refractivity contribution in [3.05, 3.63) is 33.3 Å². The first-order valence-corrected chi connectivity index (χ1v) is 8.26. The number of aromatic amines is 1. The lowest BCUT2D eigenvalue weighted by Gasteiger charge is -2.30. The molecule has 5 nitrogen and oxygen atoms in total. The van der Waals surface area contributed by atoms with Crippen LogP contribution in [0.4, 0.5) is 8.78 Å². The second-order valence-electron chi connectivity index (χ2n) is 6.52. The molecule has 2 fully saturated rings. The third-order valence-corrected chi connectivity index (χ3v) is 5.16. The fourth-order valence-electron chi connectivity index (χ4n) is 3.87. The molecule has 1 N–H and O–H groups in total. The summed E-state index contributed by atoms with van der Waals surface area (Å²) >= 11 is 5.76. The number of alkyl halides is 1. The number of ether oxygens (including phenoxy) is 1. The maximum atomic E-state index is 14.0. The fourth-order valence-corrected chi connectivity index (χ4v) is 4.07. The third kappa shape index (κ3) is 2.56. The Bertz CT molecular complexity index is 859. The fraction of sp³-hybridized carbons (Fsp3) is 0.500. The average molecular weight is 356 g/mol. The predicted octanol–water partition coefficient (Wildman–Crippen LogP) is 2.67. The van der Waals surface area contributed by atoms with Crippen LogP contribution in [0.5, 0.6) is 6.01 Å². The minimum absolute atomic E-state index is 0.0581. The molecule has 2 aliphatic rings. The number of rotatable bonds is 3. The van der Waals surface area contributed by atoms with Gasteiger partial charge in [-0.05, 0) is 31.5 Å². The highest BCUT2D eigenvalue weighted by Gasteiger charge is 2.49. The number of nitrogens with one attached hydrogen (secondary N) is 1. The summed E-state index contributed by atoms with van der Waals surface area (Å²) in [5.41, 5.74) is -0.966. The van der Waals surface area contributed by atoms with Gasteiger partial charge in [-0.2, -0.15) is 4.98 Å². The molecular formula is C16H16ClF2N3O2. The lowest BCUT2D eigenvalue weighted by atomic mass is 9.95. The van der Waals surface area contributed by atoms with E-state index < -0.39 is 17.5 Å². The molecule has 0 bridgehead atoms. The second kappa shape index (κ2) is 5.67. The molecule has 2 aliphatic heterocycles. The van der Waals surface area contributed by atoms with E-state index in [0.29, 0.717) is 13.0 Å². The van der Waals surface area contributed by atoms with Gasteiger partial charge >= 0.3 is 0 Å². The maximum absolute atomic E-state index is 14.0. The molecule has 0 saturated carbocycles. The van der Waals surface area contributed by atoms with Crippen molar-refractivity contribution in [1.82, 2.24) is 14.9 Å². The Hall–Kier alpha value is -1.73. The molecule has 0 amide bonds. The van der Waals surface area contributed by atoms with Crippen molar-refractivity contribution in [3.8, 4) is 6.01 Å². The number of aromatic nitrogens is 2. The van der Waals surface area contributed by atoms with Crippen molar-refractivity contribution >= 4 is 22.5 Å². The van der Waals surface area contributed by atoms with Crippen molar-refractivity contribution in [2.45, 2.75) is 31.0 Å². The third-order valence-electron chi connectivity index (χ3n) is 4.95. The van der Waals surface area contributed by atoms with E-state index in [2.05, 4.69) is 14.9 Å². The van der Waals surface area contributed by atoms with Gasteiger partial charge in [-0.15, -0.1) is 0 Å². The normalized spacial score (nSPS) is 26.9. The maximum Gasteiger partial charge on any atom is 0.297 e. The summed E-state index contributed by atoms with van der Waals surface area (Å²) in [5.74, 6) is -0.682. The zero-order chi connectivity index (χ0) is 16.9. The van der Waals surface area contributed by atoms with Crippen LogP contribution in [0.25, 0.3) is 10.9 Å². The predicted molar refractivity (Wildman–Crippen MR) is 85.9 cm³/mol. The topological polar surface area (TPSA) is 58.2 Å². The summed E-state index contributed by atoms with van der Waals surface area (Å²) in [6, 6.07) is 2.40. The Labute approximate surface area is 141 Å². The summed E-state index contributed by atoms with van der Waals surface area (Å²) in [6.07, 6.45) is 1.38. The summed E-state index contributed by atoms with van der Waals surface area (Å²) in [5, 5.41) is 0.194. The van der Waals surface area contributed by atoms with E-state index in [9.17, 15) is 13.6 Å². The van der Waals surface area contributed by atoms with Gasteiger partial charge in [0.05, 0.1) is 10.9 Å². The molecule has 2 saturated heterocycles. The zero-order valence-electron chi connectivity index (χ0n) is 12.8. The Morgan fingerprint density at radius 3 is 3.17 bits per heavy atom. The first-order valence-electron chi connectivity index (χ1n) is 7.88. The number of H-pyrrole nitrogens is 1. The van der Waals surface area contributed by atoms with Crippen LogP contribution < -0.4 is 10.3 Å². The Kier molecular flexibility index (Phi) is 3.73. The highest BCUT2D eigenvalue weighted by Crippen LogP contribution is 2.40. The lowest BCUT2D eigenvalue weighted by molar-refractivity contribution is 0.107. The quantitative estimate of drug-likeness (QED) is 0.919. The number of halogens is 3. The monoisotopic (exact) mass is 355 g/mol. The highest BCUT2D eigenvalue weighted by atomic mass is 35.5. The zero-order valence-corrected chi connectivity index (χ0v) is 13.6. The minimum Gasteiger partial charge on any atom is -0.463 e. The molecule has 3 heterocycles. The molecule has 1 aromatic heterocycles. The molecule has 24 heavy (non-hydrogen) atoms. The molecule has 0 radical (unpaired) electrons. The van der Waals surface area contributed by atoms with Crippen LogP contribution in [-0.4, -0.2) is 46.3 Å². The molecule has 2 aromatic rings. The molecule has 2 atom stereocenters. The van der Waals surface area contributed by atoms with E-state index in [1.54, 1.807) is 0 Å². The van der Waals surface area contributed by atoms with Gasteiger partial charge in [-0.1, -0.05) is 11.6 Å². The number of hydrogen-bond acceptors (Lipinski definition) is 4. The number of benzene rings is 1. The van der Waals surface area contributed by atoms with Crippen LogP contribution in [0, 0.1) is 5.82 Å². The summed E-state index contributed by atoms with van der Waals surface area (Å²) in [4.78, 5) is 20.7. The lowest BCUT2D eigenvalue weighted by Crippen LogP contribution is -2.43. The smallest absolute Gasteiger partial charge is 0.297 e. The van der Waals surface area contributed by atoms with E-state index in [-0.39, 0.29) is 34.1 Å². The Morgan fingerprint density at radius 2 is 2.33 bits per heavy atom. The summed E-state index contributed by atoms with van der Waals surface area (Å²) < 4.78 is 33.4. The van der Waals surface area contributed by atoms with Crippen molar-refractivity contribution in [1.29, 1.82) is 0 Å². The van der Waals surface area contributed by atoms with Gasteiger partial charge in [0.1, 0.15) is 18.3 Å². The van der Waals surface area contributed by atoms with Crippen molar-refractivity contribution in [3.63, 3.8) is 0 Å². The number of nitrogens with zero attached hydrogens (tertiary/aromatic N) is 2. The average Bonchev–Trinajstić information content (AvgIpc) is 3.02. The van der Waals surface area contributed by atoms with Crippen LogP contribution in [-0.2, 0) is 0 Å². The van der Waals surface area contributed by atoms with Crippen LogP contribution in [0.15, 0.2) is 16.9 Å². The van der Waals surface area contributed by atoms with Gasteiger partial charge in [0.15, 0.2) is 5.82 Å². The van der Waals surface area contributed by atoms with Crippen molar-refractivity contribution in [2.75, 3.05) is 19.7 Å². The highest BCUT2D eigenvalue weighted by molar-refractivity contribution is 6.31. The van der Waals surface area contributed by atoms with Crippen LogP contribution in [0.2, 0.25) is 5.02 Å². The van der Waals surface area contributed by atoms with E-state index >= 15 is 0 Å². The summed E-state index contributed by atoms with van der Waals surface area (Å²) in [7, 11) is 0. The van der Waals surface area contributed by atoms with Crippen LogP contribution in [0.1, 0.15) is 19.3 Å². The first-order chi connectivity index (χ1) is 11.5. The molecule has 1 aromatic carbocycles. The van der Waals surface area contributed by atoms with Crippen molar-refractivity contribution < 1.29 is 13.5 Å². The van der Waals surface area contributed by atoms with E-state index in [4.69, 9.17) is 16.3 Å². The molecule has 0 spiro atoms. The molecule has 128 valence electrons. The van der Waals surface area contributed by atoms with Gasteiger partial charge in [-0.25, -0.2) is 8.78 Å². The molecule has 0 aliphatic carbocycles. The SMILES string of the molecule is O=c1[nH]c(OC[C@@]23CCCN2C[C@H](F)C3)nc2c(F)cc(Cl)cc12. The van der Waals surface area contributed by atoms with Crippen LogP contribution >= 0.6 is 11.6 Å². The standard InChI is InChI=1S/C16H16ClF2N3O2/c17-9-4-11-13(12(19)5-9)20-15(21-14(11)23)24-8-16-2-1-3-22(16)7-10(18)6-16/h4-5,10H,1-3,6-8H2,(H,20,21,23)/t10-,16+/m1/s1. The Morgan fingerprint density at radius 1 is 1.50 bits per heavy atom. The van der Waals surface area contributed by atoms with E-state index in [1.165, 1.54) is 6.07 Å². The minimum atomic E-state index is -0.864. The van der Waals surface area contributed by atoms with E-state index in [0.717, 1.165) is 25.5 Å². The second-order valence-corrected chi connectivity index (χ2v) is 6.96. The first kappa shape index (κ1) is 15.8. The van der Waals surface area contributed by atoms with Gasteiger partial charge in [0.2, 0.25) is 0 Å². The molecule has 4 rings (SSSR count). The largest absolute Gasteiger partial charge is 0.463 e. The number of fused-ring (bicyclic) bond motifs is 2. The van der Waals surface area contributed by atoms with E-state index in [1.807, 2.05) is 0 Å². The van der Waals surface area contributed by atoms with Crippen molar-refractivity contribution in [2.24, 2.45) is 0 Å². The Balaban J connectivity index is 1.63. The summed E-state index contributed by atoms with van der Waals surface area (Å²) in [6.45, 7) is 1.48.